The van der Waals surface area contributed by atoms with E-state index >= 15 is 0 Å². The minimum absolute atomic E-state index is 0.0850. The van der Waals surface area contributed by atoms with Crippen LogP contribution in [0.1, 0.15) is 11.1 Å². The van der Waals surface area contributed by atoms with Crippen molar-refractivity contribution in [1.29, 1.82) is 0 Å². The molecule has 2 aromatic rings. The number of aryl methyl sites for hydroxylation is 2. The molecule has 2 amide bonds. The number of nitrogens with one attached hydrogen (secondary N) is 2. The van der Waals surface area contributed by atoms with Gasteiger partial charge in [0.25, 0.3) is 5.69 Å². The minimum atomic E-state index is -0.911. The number of rotatable bonds is 4. The molecule has 0 aliphatic heterocycles. The van der Waals surface area contributed by atoms with Crippen molar-refractivity contribution in [2.75, 3.05) is 17.7 Å². The number of nitro benzene ring substituents is 1. The van der Waals surface area contributed by atoms with E-state index in [4.69, 9.17) is 4.74 Å². The third-order valence-electron chi connectivity index (χ3n) is 3.33. The van der Waals surface area contributed by atoms with E-state index in [2.05, 4.69) is 10.6 Å². The summed E-state index contributed by atoms with van der Waals surface area (Å²) in [6, 6.07) is 9.10. The van der Waals surface area contributed by atoms with Gasteiger partial charge in [0, 0.05) is 11.8 Å². The van der Waals surface area contributed by atoms with Crippen molar-refractivity contribution in [3.05, 3.63) is 57.6 Å². The maximum atomic E-state index is 12.1. The van der Waals surface area contributed by atoms with Crippen LogP contribution in [-0.4, -0.2) is 23.8 Å². The number of nitro groups is 1. The summed E-state index contributed by atoms with van der Waals surface area (Å²) < 4.78 is 5.02. The number of ether oxygens (including phenoxy) is 1. The Morgan fingerprint density at radius 3 is 2.16 bits per heavy atom. The lowest BCUT2D eigenvalue weighted by Crippen LogP contribution is -2.29. The van der Waals surface area contributed by atoms with E-state index in [1.54, 1.807) is 12.1 Å². The lowest BCUT2D eigenvalue weighted by Gasteiger charge is -2.11. The fraction of sp³-hybridized carbons (Fsp3) is 0.176. The normalized spacial score (nSPS) is 10.0. The number of hydrogen-bond donors (Lipinski definition) is 2. The van der Waals surface area contributed by atoms with Crippen LogP contribution in [0.4, 0.5) is 17.1 Å². The first-order chi connectivity index (χ1) is 11.8. The first-order valence-electron chi connectivity index (χ1n) is 7.33. The van der Waals surface area contributed by atoms with Crippen LogP contribution in [0.25, 0.3) is 0 Å². The van der Waals surface area contributed by atoms with Crippen LogP contribution >= 0.6 is 0 Å². The van der Waals surface area contributed by atoms with Gasteiger partial charge in [-0.15, -0.1) is 0 Å². The average molecular weight is 343 g/mol. The summed E-state index contributed by atoms with van der Waals surface area (Å²) in [6.07, 6.45) is 0. The zero-order valence-corrected chi connectivity index (χ0v) is 14.0. The molecule has 2 N–H and O–H groups in total. The molecule has 0 bridgehead atoms. The van der Waals surface area contributed by atoms with Gasteiger partial charge < -0.3 is 15.4 Å². The van der Waals surface area contributed by atoms with E-state index in [1.807, 2.05) is 19.9 Å². The van der Waals surface area contributed by atoms with Gasteiger partial charge in [0.1, 0.15) is 5.75 Å². The predicted octanol–water partition coefficient (Wildman–Crippen LogP) is 2.80. The summed E-state index contributed by atoms with van der Waals surface area (Å²) in [5, 5.41) is 15.7. The number of methoxy groups -OCH3 is 1. The quantitative estimate of drug-likeness (QED) is 0.504. The number of non-ortho nitro benzene ring substituents is 1. The second kappa shape index (κ2) is 7.43. The molecule has 0 atom stereocenters. The zero-order chi connectivity index (χ0) is 18.6. The van der Waals surface area contributed by atoms with E-state index in [0.717, 1.165) is 17.2 Å². The number of amides is 2. The molecule has 0 aromatic heterocycles. The summed E-state index contributed by atoms with van der Waals surface area (Å²) in [7, 11) is 1.31. The molecular weight excluding hydrogens is 326 g/mol. The van der Waals surface area contributed by atoms with Crippen LogP contribution in [0.2, 0.25) is 0 Å². The van der Waals surface area contributed by atoms with Gasteiger partial charge in [0.15, 0.2) is 0 Å². The molecule has 0 aliphatic rings. The Morgan fingerprint density at radius 2 is 1.60 bits per heavy atom. The van der Waals surface area contributed by atoms with Crippen molar-refractivity contribution in [3.8, 4) is 5.75 Å². The summed E-state index contributed by atoms with van der Waals surface area (Å²) in [5.74, 6) is -1.68. The summed E-state index contributed by atoms with van der Waals surface area (Å²) >= 11 is 0. The van der Waals surface area contributed by atoms with E-state index in [1.165, 1.54) is 19.2 Å². The molecular formula is C17H17N3O5. The highest BCUT2D eigenvalue weighted by Gasteiger charge is 2.18. The number of carbonyl (C=O) groups is 2. The Balaban J connectivity index is 2.13. The largest absolute Gasteiger partial charge is 0.494 e. The molecule has 8 heteroatoms. The van der Waals surface area contributed by atoms with E-state index in [9.17, 15) is 19.7 Å². The Hall–Kier alpha value is -3.42. The lowest BCUT2D eigenvalue weighted by molar-refractivity contribution is -0.384. The van der Waals surface area contributed by atoms with Crippen LogP contribution in [-0.2, 0) is 9.59 Å². The van der Waals surface area contributed by atoms with Crippen molar-refractivity contribution < 1.29 is 19.2 Å². The smallest absolute Gasteiger partial charge is 0.314 e. The maximum Gasteiger partial charge on any atom is 0.314 e. The molecule has 0 aliphatic carbocycles. The number of nitrogens with zero attached hydrogens (tertiary/aromatic N) is 1. The Bertz CT molecular complexity index is 828. The average Bonchev–Trinajstić information content (AvgIpc) is 2.53. The maximum absolute atomic E-state index is 12.1. The fourth-order valence-corrected chi connectivity index (χ4v) is 2.31. The van der Waals surface area contributed by atoms with Gasteiger partial charge in [-0.1, -0.05) is 6.07 Å². The van der Waals surface area contributed by atoms with Crippen molar-refractivity contribution >= 4 is 28.9 Å². The topological polar surface area (TPSA) is 111 Å². The van der Waals surface area contributed by atoms with Gasteiger partial charge >= 0.3 is 11.8 Å². The molecule has 0 saturated carbocycles. The van der Waals surface area contributed by atoms with Gasteiger partial charge in [-0.05, 0) is 43.2 Å². The number of anilines is 2. The van der Waals surface area contributed by atoms with Crippen LogP contribution in [0.3, 0.4) is 0 Å². The number of hydrogen-bond acceptors (Lipinski definition) is 5. The van der Waals surface area contributed by atoms with Gasteiger partial charge in [0.05, 0.1) is 23.8 Å². The first kappa shape index (κ1) is 17.9. The molecule has 0 heterocycles. The zero-order valence-electron chi connectivity index (χ0n) is 14.0. The molecule has 0 spiro atoms. The molecule has 0 radical (unpaired) electrons. The lowest BCUT2D eigenvalue weighted by atomic mass is 10.1. The van der Waals surface area contributed by atoms with Gasteiger partial charge in [-0.25, -0.2) is 0 Å². The Morgan fingerprint density at radius 1 is 1.00 bits per heavy atom. The summed E-state index contributed by atoms with van der Waals surface area (Å²) in [5.41, 5.74) is 2.39. The molecule has 0 unspecified atom stereocenters. The predicted molar refractivity (Wildman–Crippen MR) is 92.8 cm³/mol. The van der Waals surface area contributed by atoms with E-state index in [0.29, 0.717) is 5.69 Å². The summed E-state index contributed by atoms with van der Waals surface area (Å²) in [4.78, 5) is 34.3. The van der Waals surface area contributed by atoms with Crippen LogP contribution in [0.5, 0.6) is 5.75 Å². The monoisotopic (exact) mass is 343 g/mol. The summed E-state index contributed by atoms with van der Waals surface area (Å²) in [6.45, 7) is 3.76. The van der Waals surface area contributed by atoms with E-state index < -0.39 is 16.7 Å². The van der Waals surface area contributed by atoms with Gasteiger partial charge in [-0.2, -0.15) is 0 Å². The molecule has 0 fully saturated rings. The molecule has 2 rings (SSSR count). The highest BCUT2D eigenvalue weighted by Crippen LogP contribution is 2.29. The van der Waals surface area contributed by atoms with E-state index in [-0.39, 0.29) is 17.1 Å². The Kier molecular flexibility index (Phi) is 5.33. The highest BCUT2D eigenvalue weighted by atomic mass is 16.6. The van der Waals surface area contributed by atoms with Gasteiger partial charge in [0.2, 0.25) is 0 Å². The molecule has 0 saturated heterocycles. The number of carbonyl (C=O) groups excluding carboxylic acids is 2. The fourth-order valence-electron chi connectivity index (χ4n) is 2.31. The van der Waals surface area contributed by atoms with Crippen LogP contribution in [0, 0.1) is 24.0 Å². The number of benzene rings is 2. The van der Waals surface area contributed by atoms with Gasteiger partial charge in [-0.3, -0.25) is 19.7 Å². The second-order valence-corrected chi connectivity index (χ2v) is 5.43. The Labute approximate surface area is 144 Å². The molecule has 2 aromatic carbocycles. The van der Waals surface area contributed by atoms with Crippen molar-refractivity contribution in [2.45, 2.75) is 13.8 Å². The van der Waals surface area contributed by atoms with Crippen LogP contribution in [0.15, 0.2) is 36.4 Å². The standard InChI is InChI=1S/C17H17N3O5/c1-10-6-11(2)8-12(7-10)18-16(21)17(22)19-14-5-4-13(20(23)24)9-15(14)25-3/h4-9H,1-3H3,(H,18,21)(H,19,22). The SMILES string of the molecule is COc1cc([N+](=O)[O-])ccc1NC(=O)C(=O)Nc1cc(C)cc(C)c1. The molecule has 130 valence electrons. The molecule has 25 heavy (non-hydrogen) atoms. The highest BCUT2D eigenvalue weighted by molar-refractivity contribution is 6.43. The van der Waals surface area contributed by atoms with Crippen molar-refractivity contribution in [3.63, 3.8) is 0 Å². The molecule has 8 nitrogen and oxygen atoms in total. The van der Waals surface area contributed by atoms with Crippen molar-refractivity contribution in [1.82, 2.24) is 0 Å². The minimum Gasteiger partial charge on any atom is -0.494 e. The first-order valence-corrected chi connectivity index (χ1v) is 7.33. The third-order valence-corrected chi connectivity index (χ3v) is 3.33. The second-order valence-electron chi connectivity index (χ2n) is 5.43. The van der Waals surface area contributed by atoms with Crippen molar-refractivity contribution in [2.24, 2.45) is 0 Å². The van der Waals surface area contributed by atoms with Crippen LogP contribution < -0.4 is 15.4 Å². The third kappa shape index (κ3) is 4.54.